The zero-order valence-electron chi connectivity index (χ0n) is 16.8. The molecule has 3 aromatic rings. The van der Waals surface area contributed by atoms with Crippen molar-refractivity contribution in [1.29, 1.82) is 0 Å². The Morgan fingerprint density at radius 3 is 1.79 bits per heavy atom. The number of hydrogen-bond acceptors (Lipinski definition) is 3. The van der Waals surface area contributed by atoms with E-state index < -0.39 is 6.04 Å². The molecule has 29 heavy (non-hydrogen) atoms. The van der Waals surface area contributed by atoms with Crippen LogP contribution in [0, 0.1) is 0 Å². The molecule has 1 atom stereocenters. The molecule has 0 radical (unpaired) electrons. The van der Waals surface area contributed by atoms with Gasteiger partial charge < -0.3 is 4.74 Å². The second kappa shape index (κ2) is 11.0. The summed E-state index contributed by atoms with van der Waals surface area (Å²) in [5.41, 5.74) is 3.37. The maximum Gasteiger partial charge on any atom is 0.327 e. The molecule has 0 N–H and O–H groups in total. The molecule has 3 heteroatoms. The van der Waals surface area contributed by atoms with E-state index in [1.165, 1.54) is 0 Å². The summed E-state index contributed by atoms with van der Waals surface area (Å²) in [6, 6.07) is 30.0. The number of benzene rings is 3. The highest BCUT2D eigenvalue weighted by atomic mass is 16.5. The van der Waals surface area contributed by atoms with E-state index >= 15 is 0 Å². The fourth-order valence-corrected chi connectivity index (χ4v) is 3.23. The summed E-state index contributed by atoms with van der Waals surface area (Å²) < 4.78 is 5.42. The third-order valence-electron chi connectivity index (χ3n) is 4.65. The van der Waals surface area contributed by atoms with Crippen molar-refractivity contribution in [1.82, 2.24) is 4.90 Å². The van der Waals surface area contributed by atoms with Gasteiger partial charge in [0.1, 0.15) is 6.04 Å². The number of esters is 1. The van der Waals surface area contributed by atoms with Gasteiger partial charge in [-0.3, -0.25) is 9.69 Å². The van der Waals surface area contributed by atoms with Crippen LogP contribution in [0.1, 0.15) is 23.6 Å². The van der Waals surface area contributed by atoms with Gasteiger partial charge in [-0.25, -0.2) is 0 Å². The van der Waals surface area contributed by atoms with Crippen LogP contribution < -0.4 is 0 Å². The van der Waals surface area contributed by atoms with Crippen LogP contribution in [0.5, 0.6) is 0 Å². The summed E-state index contributed by atoms with van der Waals surface area (Å²) in [5.74, 6) is -0.230. The van der Waals surface area contributed by atoms with Gasteiger partial charge in [-0.15, -0.1) is 0 Å². The summed E-state index contributed by atoms with van der Waals surface area (Å²) >= 11 is 0. The smallest absolute Gasteiger partial charge is 0.327 e. The summed E-state index contributed by atoms with van der Waals surface area (Å²) in [5, 5.41) is 0. The third-order valence-corrected chi connectivity index (χ3v) is 4.65. The molecular formula is C26H27NO2. The molecule has 0 unspecified atom stereocenters. The van der Waals surface area contributed by atoms with E-state index in [1.54, 1.807) is 0 Å². The van der Waals surface area contributed by atoms with Crippen molar-refractivity contribution >= 4 is 12.0 Å². The zero-order valence-corrected chi connectivity index (χ0v) is 16.8. The fraction of sp³-hybridized carbons (Fsp3) is 0.192. The van der Waals surface area contributed by atoms with Gasteiger partial charge in [-0.1, -0.05) is 103 Å². The molecule has 3 aromatic carbocycles. The first kappa shape index (κ1) is 20.6. The highest BCUT2D eigenvalue weighted by Crippen LogP contribution is 2.17. The quantitative estimate of drug-likeness (QED) is 0.466. The van der Waals surface area contributed by atoms with Crippen LogP contribution in [0.25, 0.3) is 6.08 Å². The van der Waals surface area contributed by atoms with Gasteiger partial charge in [0.15, 0.2) is 0 Å². The van der Waals surface area contributed by atoms with Crippen LogP contribution >= 0.6 is 0 Å². The normalized spacial score (nSPS) is 12.2. The molecule has 3 rings (SSSR count). The molecular weight excluding hydrogens is 358 g/mol. The van der Waals surface area contributed by atoms with E-state index in [4.69, 9.17) is 4.74 Å². The van der Waals surface area contributed by atoms with E-state index in [0.717, 1.165) is 16.7 Å². The Kier molecular flexibility index (Phi) is 7.79. The van der Waals surface area contributed by atoms with Crippen LogP contribution in [0.3, 0.4) is 0 Å². The average molecular weight is 386 g/mol. The van der Waals surface area contributed by atoms with Gasteiger partial charge in [-0.2, -0.15) is 0 Å². The third kappa shape index (κ3) is 6.44. The number of nitrogens with zero attached hydrogens (tertiary/aromatic N) is 1. The number of ether oxygens (including phenoxy) is 1. The van der Waals surface area contributed by atoms with E-state index in [2.05, 4.69) is 29.2 Å². The molecule has 0 amide bonds. The van der Waals surface area contributed by atoms with Crippen LogP contribution in [0.4, 0.5) is 0 Å². The Labute approximate surface area is 173 Å². The fourth-order valence-electron chi connectivity index (χ4n) is 3.23. The molecule has 0 aliphatic rings. The minimum atomic E-state index is -0.476. The first-order chi connectivity index (χ1) is 14.3. The van der Waals surface area contributed by atoms with Crippen LogP contribution in [-0.4, -0.2) is 23.5 Å². The van der Waals surface area contributed by atoms with E-state index in [-0.39, 0.29) is 5.97 Å². The monoisotopic (exact) mass is 385 g/mol. The summed E-state index contributed by atoms with van der Waals surface area (Å²) in [6.07, 6.45) is 3.93. The number of rotatable bonds is 9. The van der Waals surface area contributed by atoms with Crippen molar-refractivity contribution < 1.29 is 9.53 Å². The van der Waals surface area contributed by atoms with Crippen molar-refractivity contribution in [3.8, 4) is 0 Å². The first-order valence-corrected chi connectivity index (χ1v) is 9.98. The van der Waals surface area contributed by atoms with Gasteiger partial charge in [0.25, 0.3) is 0 Å². The number of hydrogen-bond donors (Lipinski definition) is 0. The predicted molar refractivity (Wildman–Crippen MR) is 118 cm³/mol. The molecule has 0 saturated carbocycles. The minimum Gasteiger partial charge on any atom is -0.465 e. The minimum absolute atomic E-state index is 0.230. The highest BCUT2D eigenvalue weighted by molar-refractivity contribution is 5.79. The van der Waals surface area contributed by atoms with Gasteiger partial charge in [0.05, 0.1) is 6.61 Å². The largest absolute Gasteiger partial charge is 0.465 e. The average Bonchev–Trinajstić information content (AvgIpc) is 2.76. The molecule has 0 heterocycles. The molecule has 0 spiro atoms. The molecule has 0 bridgehead atoms. The molecule has 0 aromatic heterocycles. The lowest BCUT2D eigenvalue weighted by Gasteiger charge is -2.28. The van der Waals surface area contributed by atoms with Gasteiger partial charge in [0, 0.05) is 13.1 Å². The second-order valence-corrected chi connectivity index (χ2v) is 6.84. The molecule has 3 nitrogen and oxygen atoms in total. The molecule has 0 fully saturated rings. The Hall–Kier alpha value is -3.17. The first-order valence-electron chi connectivity index (χ1n) is 9.98. The molecule has 0 aliphatic carbocycles. The van der Waals surface area contributed by atoms with Gasteiger partial charge in [0.2, 0.25) is 0 Å². The summed E-state index contributed by atoms with van der Waals surface area (Å²) in [6.45, 7) is 3.50. The van der Waals surface area contributed by atoms with Crippen LogP contribution in [0.2, 0.25) is 0 Å². The van der Waals surface area contributed by atoms with Crippen molar-refractivity contribution in [2.24, 2.45) is 0 Å². The maximum atomic E-state index is 12.9. The standard InChI is InChI=1S/C26H27NO2/c1-2-29-26(28)25(19-18-22-12-6-3-7-13-22)27(20-23-14-8-4-9-15-23)21-24-16-10-5-11-17-24/h3-19,25H,2,20-21H2,1H3/b19-18+/t25-/m1/s1. The lowest BCUT2D eigenvalue weighted by atomic mass is 10.1. The summed E-state index contributed by atoms with van der Waals surface area (Å²) in [7, 11) is 0. The zero-order chi connectivity index (χ0) is 20.3. The van der Waals surface area contributed by atoms with Crippen molar-refractivity contribution in [3.63, 3.8) is 0 Å². The summed E-state index contributed by atoms with van der Waals surface area (Å²) in [4.78, 5) is 15.0. The predicted octanol–water partition coefficient (Wildman–Crippen LogP) is 5.33. The van der Waals surface area contributed by atoms with Crippen molar-refractivity contribution in [2.75, 3.05) is 6.61 Å². The SMILES string of the molecule is CCOC(=O)[C@@H](/C=C/c1ccccc1)N(Cc1ccccc1)Cc1ccccc1. The maximum absolute atomic E-state index is 12.9. The van der Waals surface area contributed by atoms with Gasteiger partial charge >= 0.3 is 5.97 Å². The van der Waals surface area contributed by atoms with E-state index in [1.807, 2.05) is 85.8 Å². The topological polar surface area (TPSA) is 29.5 Å². The van der Waals surface area contributed by atoms with Gasteiger partial charge in [-0.05, 0) is 23.6 Å². The second-order valence-electron chi connectivity index (χ2n) is 6.84. The Bertz CT molecular complexity index is 850. The van der Waals surface area contributed by atoms with Crippen LogP contribution in [-0.2, 0) is 22.6 Å². The number of carbonyl (C=O) groups is 1. The Morgan fingerprint density at radius 1 is 0.828 bits per heavy atom. The molecule has 0 saturated heterocycles. The van der Waals surface area contributed by atoms with Crippen molar-refractivity contribution in [2.45, 2.75) is 26.1 Å². The Morgan fingerprint density at radius 2 is 1.31 bits per heavy atom. The lowest BCUT2D eigenvalue weighted by molar-refractivity contribution is -0.148. The lowest BCUT2D eigenvalue weighted by Crippen LogP contribution is -2.40. The van der Waals surface area contributed by atoms with Crippen LogP contribution in [0.15, 0.2) is 97.1 Å². The number of carbonyl (C=O) groups excluding carboxylic acids is 1. The van der Waals surface area contributed by atoms with E-state index in [9.17, 15) is 4.79 Å². The van der Waals surface area contributed by atoms with E-state index in [0.29, 0.717) is 19.7 Å². The highest BCUT2D eigenvalue weighted by Gasteiger charge is 2.25. The Balaban J connectivity index is 1.91. The molecule has 0 aliphatic heterocycles. The van der Waals surface area contributed by atoms with Crippen molar-refractivity contribution in [3.05, 3.63) is 114 Å². The molecule has 148 valence electrons.